The number of hydrogen-bond donors (Lipinski definition) is 1. The predicted octanol–water partition coefficient (Wildman–Crippen LogP) is 2.05. The Morgan fingerprint density at radius 1 is 1.54 bits per heavy atom. The fourth-order valence-corrected chi connectivity index (χ4v) is 1.80. The van der Waals surface area contributed by atoms with Crippen molar-refractivity contribution in [3.8, 4) is 0 Å². The largest absolute Gasteiger partial charge is 0.375 e. The molecule has 1 rings (SSSR count). The van der Waals surface area contributed by atoms with Crippen molar-refractivity contribution in [3.63, 3.8) is 0 Å². The number of ketones is 1. The van der Waals surface area contributed by atoms with Gasteiger partial charge in [-0.25, -0.2) is 4.98 Å². The summed E-state index contributed by atoms with van der Waals surface area (Å²) in [5, 5.41) is 2.37. The van der Waals surface area contributed by atoms with Gasteiger partial charge in [0.1, 0.15) is 5.78 Å². The number of nitrogens with zero attached hydrogens (tertiary/aromatic N) is 1. The normalized spacial score (nSPS) is 13.2. The maximum atomic E-state index is 11.6. The van der Waals surface area contributed by atoms with Gasteiger partial charge < -0.3 is 5.73 Å². The molecule has 0 aliphatic heterocycles. The lowest BCUT2D eigenvalue weighted by atomic mass is 9.95. The van der Waals surface area contributed by atoms with Gasteiger partial charge in [0, 0.05) is 11.3 Å². The van der Waals surface area contributed by atoms with Crippen LogP contribution in [0.5, 0.6) is 0 Å². The highest BCUT2D eigenvalue weighted by atomic mass is 32.1. The molecule has 0 unspecified atom stereocenters. The number of hydrogen-bond acceptors (Lipinski definition) is 4. The zero-order chi connectivity index (χ0) is 10.0. The van der Waals surface area contributed by atoms with Gasteiger partial charge in [0.25, 0.3) is 0 Å². The number of thiazole rings is 1. The fraction of sp³-hybridized carbons (Fsp3) is 0.556. The standard InChI is InChI=1S/C9H14N2OS/c1-5(2)8(12)6(3)7-4-13-9(10)11-7/h4-6H,1-3H3,(H2,10,11)/t6-/m1/s1. The second-order valence-electron chi connectivity index (χ2n) is 3.39. The molecule has 13 heavy (non-hydrogen) atoms. The lowest BCUT2D eigenvalue weighted by molar-refractivity contribution is -0.123. The highest BCUT2D eigenvalue weighted by Crippen LogP contribution is 2.22. The Hall–Kier alpha value is -0.900. The van der Waals surface area contributed by atoms with Gasteiger partial charge in [-0.15, -0.1) is 11.3 Å². The topological polar surface area (TPSA) is 56.0 Å². The Morgan fingerprint density at radius 2 is 2.15 bits per heavy atom. The molecule has 0 radical (unpaired) electrons. The Bertz CT molecular complexity index is 306. The third-order valence-corrected chi connectivity index (χ3v) is 2.67. The number of carbonyl (C=O) groups excluding carboxylic acids is 1. The molecule has 0 saturated heterocycles. The predicted molar refractivity (Wildman–Crippen MR) is 54.8 cm³/mol. The van der Waals surface area contributed by atoms with Crippen LogP contribution >= 0.6 is 11.3 Å². The molecule has 0 aliphatic rings. The molecule has 2 N–H and O–H groups in total. The van der Waals surface area contributed by atoms with Crippen molar-refractivity contribution in [1.29, 1.82) is 0 Å². The van der Waals surface area contributed by atoms with Crippen LogP contribution in [0.4, 0.5) is 5.13 Å². The third-order valence-electron chi connectivity index (χ3n) is 1.98. The van der Waals surface area contributed by atoms with Gasteiger partial charge in [0.05, 0.1) is 11.6 Å². The molecular formula is C9H14N2OS. The molecule has 0 spiro atoms. The van der Waals surface area contributed by atoms with Gasteiger partial charge in [0.15, 0.2) is 5.13 Å². The molecular weight excluding hydrogens is 184 g/mol. The van der Waals surface area contributed by atoms with Crippen molar-refractivity contribution < 1.29 is 4.79 Å². The Balaban J connectivity index is 2.79. The summed E-state index contributed by atoms with van der Waals surface area (Å²) in [6.45, 7) is 5.67. The minimum absolute atomic E-state index is 0.0536. The second kappa shape index (κ2) is 3.87. The quantitative estimate of drug-likeness (QED) is 0.808. The fourth-order valence-electron chi connectivity index (χ4n) is 1.15. The number of anilines is 1. The van der Waals surface area contributed by atoms with E-state index in [0.29, 0.717) is 5.13 Å². The maximum Gasteiger partial charge on any atom is 0.180 e. The van der Waals surface area contributed by atoms with Crippen molar-refractivity contribution in [1.82, 2.24) is 4.98 Å². The molecule has 1 heterocycles. The van der Waals surface area contributed by atoms with E-state index in [4.69, 9.17) is 5.73 Å². The van der Waals surface area contributed by atoms with Crippen LogP contribution in [0.1, 0.15) is 32.4 Å². The lowest BCUT2D eigenvalue weighted by Gasteiger charge is -2.09. The molecule has 3 nitrogen and oxygen atoms in total. The van der Waals surface area contributed by atoms with Crippen molar-refractivity contribution in [3.05, 3.63) is 11.1 Å². The van der Waals surface area contributed by atoms with Gasteiger partial charge in [-0.05, 0) is 6.92 Å². The van der Waals surface area contributed by atoms with Gasteiger partial charge in [-0.1, -0.05) is 13.8 Å². The smallest absolute Gasteiger partial charge is 0.180 e. The first-order valence-electron chi connectivity index (χ1n) is 4.27. The van der Waals surface area contributed by atoms with Crippen molar-refractivity contribution in [2.75, 3.05) is 5.73 Å². The van der Waals surface area contributed by atoms with Gasteiger partial charge in [-0.3, -0.25) is 4.79 Å². The summed E-state index contributed by atoms with van der Waals surface area (Å²) in [6, 6.07) is 0. The molecule has 0 aromatic carbocycles. The van der Waals surface area contributed by atoms with E-state index < -0.39 is 0 Å². The van der Waals surface area contributed by atoms with Crippen LogP contribution in [0.25, 0.3) is 0 Å². The van der Waals surface area contributed by atoms with Gasteiger partial charge >= 0.3 is 0 Å². The number of carbonyl (C=O) groups is 1. The van der Waals surface area contributed by atoms with Crippen LogP contribution in [0.15, 0.2) is 5.38 Å². The highest BCUT2D eigenvalue weighted by Gasteiger charge is 2.20. The molecule has 1 aromatic heterocycles. The number of nitrogens with two attached hydrogens (primary N) is 1. The van der Waals surface area contributed by atoms with Crippen molar-refractivity contribution in [2.24, 2.45) is 5.92 Å². The minimum Gasteiger partial charge on any atom is -0.375 e. The van der Waals surface area contributed by atoms with Crippen molar-refractivity contribution >= 4 is 22.3 Å². The molecule has 4 heteroatoms. The van der Waals surface area contributed by atoms with E-state index >= 15 is 0 Å². The summed E-state index contributed by atoms with van der Waals surface area (Å²) in [5.74, 6) is 0.136. The molecule has 0 bridgehead atoms. The van der Waals surface area contributed by atoms with E-state index in [1.54, 1.807) is 0 Å². The first-order chi connectivity index (χ1) is 6.02. The molecule has 0 saturated carbocycles. The first kappa shape index (κ1) is 10.2. The zero-order valence-electron chi connectivity index (χ0n) is 8.07. The monoisotopic (exact) mass is 198 g/mol. The third kappa shape index (κ3) is 2.28. The Morgan fingerprint density at radius 3 is 2.54 bits per heavy atom. The highest BCUT2D eigenvalue weighted by molar-refractivity contribution is 7.13. The number of nitrogen functional groups attached to an aromatic ring is 1. The molecule has 1 atom stereocenters. The summed E-state index contributed by atoms with van der Waals surface area (Å²) in [6.07, 6.45) is 0. The maximum absolute atomic E-state index is 11.6. The summed E-state index contributed by atoms with van der Waals surface area (Å²) >= 11 is 1.38. The van der Waals surface area contributed by atoms with E-state index in [-0.39, 0.29) is 17.6 Å². The average Bonchev–Trinajstić information content (AvgIpc) is 2.49. The molecule has 1 aromatic rings. The average molecular weight is 198 g/mol. The van der Waals surface area contributed by atoms with E-state index in [0.717, 1.165) is 5.69 Å². The number of aromatic nitrogens is 1. The van der Waals surface area contributed by atoms with Crippen LogP contribution in [-0.2, 0) is 4.79 Å². The summed E-state index contributed by atoms with van der Waals surface area (Å²) in [7, 11) is 0. The summed E-state index contributed by atoms with van der Waals surface area (Å²) in [5.41, 5.74) is 6.28. The first-order valence-corrected chi connectivity index (χ1v) is 5.15. The summed E-state index contributed by atoms with van der Waals surface area (Å²) < 4.78 is 0. The van der Waals surface area contributed by atoms with Crippen LogP contribution < -0.4 is 5.73 Å². The Kier molecular flexibility index (Phi) is 3.03. The molecule has 0 fully saturated rings. The van der Waals surface area contributed by atoms with Crippen LogP contribution in [0.2, 0.25) is 0 Å². The van der Waals surface area contributed by atoms with Crippen LogP contribution in [-0.4, -0.2) is 10.8 Å². The van der Waals surface area contributed by atoms with E-state index in [2.05, 4.69) is 4.98 Å². The van der Waals surface area contributed by atoms with E-state index in [1.807, 2.05) is 26.2 Å². The molecule has 72 valence electrons. The van der Waals surface area contributed by atoms with Crippen LogP contribution in [0, 0.1) is 5.92 Å². The van der Waals surface area contributed by atoms with E-state index in [1.165, 1.54) is 11.3 Å². The Labute approximate surface area is 82.0 Å². The number of rotatable bonds is 3. The molecule has 0 amide bonds. The zero-order valence-corrected chi connectivity index (χ0v) is 8.89. The second-order valence-corrected chi connectivity index (χ2v) is 4.28. The van der Waals surface area contributed by atoms with Gasteiger partial charge in [-0.2, -0.15) is 0 Å². The minimum atomic E-state index is -0.131. The summed E-state index contributed by atoms with van der Waals surface area (Å²) in [4.78, 5) is 15.7. The van der Waals surface area contributed by atoms with E-state index in [9.17, 15) is 4.79 Å². The molecule has 0 aliphatic carbocycles. The van der Waals surface area contributed by atoms with Crippen LogP contribution in [0.3, 0.4) is 0 Å². The van der Waals surface area contributed by atoms with Gasteiger partial charge in [0.2, 0.25) is 0 Å². The SMILES string of the molecule is CC(C)C(=O)[C@H](C)c1csc(N)n1. The lowest BCUT2D eigenvalue weighted by Crippen LogP contribution is -2.15. The number of Topliss-reactive ketones (excluding diaryl/α,β-unsaturated/α-hetero) is 1. The van der Waals surface area contributed by atoms with Crippen molar-refractivity contribution in [2.45, 2.75) is 26.7 Å².